The van der Waals surface area contributed by atoms with Crippen LogP contribution in [0.25, 0.3) is 11.0 Å². The van der Waals surface area contributed by atoms with E-state index in [-0.39, 0.29) is 5.69 Å². The normalized spacial score (nSPS) is 11.3. The maximum absolute atomic E-state index is 11.8. The summed E-state index contributed by atoms with van der Waals surface area (Å²) in [4.78, 5) is 14.5. The van der Waals surface area contributed by atoms with Crippen LogP contribution in [0.3, 0.4) is 0 Å². The van der Waals surface area contributed by atoms with Gasteiger partial charge in [-0.15, -0.1) is 0 Å². The van der Waals surface area contributed by atoms with Crippen molar-refractivity contribution in [3.63, 3.8) is 0 Å². The Balaban J connectivity index is 2.08. The summed E-state index contributed by atoms with van der Waals surface area (Å²) >= 11 is 0. The summed E-state index contributed by atoms with van der Waals surface area (Å²) < 4.78 is 1.36. The third kappa shape index (κ3) is 1.84. The lowest BCUT2D eigenvalue weighted by Crippen LogP contribution is -2.12. The molecule has 1 N–H and O–H groups in total. The van der Waals surface area contributed by atoms with Gasteiger partial charge in [-0.1, -0.05) is 42.5 Å². The second kappa shape index (κ2) is 4.33. The van der Waals surface area contributed by atoms with E-state index in [4.69, 9.17) is 0 Å². The number of nitrogens with one attached hydrogen (secondary N) is 1. The largest absolute Gasteiger partial charge is 0.347 e. The molecule has 0 unspecified atom stereocenters. The van der Waals surface area contributed by atoms with Gasteiger partial charge in [-0.25, -0.2) is 4.79 Å². The molecule has 4 heteroatoms. The van der Waals surface area contributed by atoms with Gasteiger partial charge in [0.15, 0.2) is 0 Å². The first-order valence-corrected chi connectivity index (χ1v) is 5.64. The van der Waals surface area contributed by atoms with Gasteiger partial charge < -0.3 is 4.98 Å². The number of aromatic nitrogens is 2. The molecule has 0 aliphatic rings. The van der Waals surface area contributed by atoms with Crippen molar-refractivity contribution < 1.29 is 0 Å². The number of para-hydroxylation sites is 2. The standard InChI is InChI=1S/C14H11N3O/c18-14-16-12-8-4-5-9-13(12)17(14)15-10-11-6-2-1-3-7-11/h1-10H,(H,16,18)/b15-10-. The summed E-state index contributed by atoms with van der Waals surface area (Å²) in [5.74, 6) is 0. The van der Waals surface area contributed by atoms with Crippen molar-refractivity contribution in [3.05, 3.63) is 70.6 Å². The van der Waals surface area contributed by atoms with E-state index in [9.17, 15) is 4.79 Å². The average molecular weight is 237 g/mol. The van der Waals surface area contributed by atoms with Gasteiger partial charge in [0.25, 0.3) is 0 Å². The van der Waals surface area contributed by atoms with E-state index in [2.05, 4.69) is 10.1 Å². The molecule has 2 aromatic carbocycles. The van der Waals surface area contributed by atoms with Crippen LogP contribution >= 0.6 is 0 Å². The first kappa shape index (κ1) is 10.5. The summed E-state index contributed by atoms with van der Waals surface area (Å²) in [6.45, 7) is 0. The summed E-state index contributed by atoms with van der Waals surface area (Å²) in [5, 5.41) is 4.21. The molecule has 1 aromatic heterocycles. The summed E-state index contributed by atoms with van der Waals surface area (Å²) in [5.41, 5.74) is 2.28. The minimum atomic E-state index is -0.233. The van der Waals surface area contributed by atoms with Crippen molar-refractivity contribution >= 4 is 17.2 Å². The van der Waals surface area contributed by atoms with Gasteiger partial charge in [-0.05, 0) is 17.7 Å². The Hall–Kier alpha value is -2.62. The lowest BCUT2D eigenvalue weighted by molar-refractivity contribution is 0.863. The molecule has 0 saturated carbocycles. The molecule has 4 nitrogen and oxygen atoms in total. The van der Waals surface area contributed by atoms with Crippen LogP contribution in [0.4, 0.5) is 0 Å². The van der Waals surface area contributed by atoms with Crippen molar-refractivity contribution in [2.45, 2.75) is 0 Å². The molecule has 0 bridgehead atoms. The number of benzene rings is 2. The predicted molar refractivity (Wildman–Crippen MR) is 72.0 cm³/mol. The number of imidazole rings is 1. The highest BCUT2D eigenvalue weighted by Crippen LogP contribution is 2.08. The van der Waals surface area contributed by atoms with Crippen LogP contribution < -0.4 is 5.69 Å². The van der Waals surface area contributed by atoms with Crippen molar-refractivity contribution in [1.29, 1.82) is 0 Å². The molecule has 0 amide bonds. The molecule has 3 aromatic rings. The van der Waals surface area contributed by atoms with Crippen LogP contribution in [-0.4, -0.2) is 15.9 Å². The van der Waals surface area contributed by atoms with E-state index in [0.29, 0.717) is 0 Å². The number of rotatable bonds is 2. The highest BCUT2D eigenvalue weighted by molar-refractivity contribution is 5.81. The van der Waals surface area contributed by atoms with E-state index in [1.165, 1.54) is 4.68 Å². The number of nitrogens with zero attached hydrogens (tertiary/aromatic N) is 2. The lowest BCUT2D eigenvalue weighted by atomic mass is 10.2. The van der Waals surface area contributed by atoms with E-state index < -0.39 is 0 Å². The minimum absolute atomic E-state index is 0.233. The monoisotopic (exact) mass is 237 g/mol. The van der Waals surface area contributed by atoms with Crippen molar-refractivity contribution in [3.8, 4) is 0 Å². The average Bonchev–Trinajstić information content (AvgIpc) is 2.73. The second-order valence-corrected chi connectivity index (χ2v) is 3.91. The van der Waals surface area contributed by atoms with E-state index in [1.807, 2.05) is 54.6 Å². The Morgan fingerprint density at radius 1 is 1.00 bits per heavy atom. The number of fused-ring (bicyclic) bond motifs is 1. The fraction of sp³-hybridized carbons (Fsp3) is 0. The van der Waals surface area contributed by atoms with Gasteiger partial charge in [-0.3, -0.25) is 0 Å². The zero-order valence-electron chi connectivity index (χ0n) is 9.58. The first-order chi connectivity index (χ1) is 8.84. The van der Waals surface area contributed by atoms with Crippen LogP contribution in [0.1, 0.15) is 5.56 Å². The van der Waals surface area contributed by atoms with Crippen LogP contribution in [-0.2, 0) is 0 Å². The summed E-state index contributed by atoms with van der Waals surface area (Å²) in [6, 6.07) is 17.1. The Morgan fingerprint density at radius 3 is 2.56 bits per heavy atom. The maximum atomic E-state index is 11.8. The first-order valence-electron chi connectivity index (χ1n) is 5.64. The molecule has 0 aliphatic carbocycles. The Labute approximate surface area is 103 Å². The third-order valence-corrected chi connectivity index (χ3v) is 2.69. The topological polar surface area (TPSA) is 50.1 Å². The van der Waals surface area contributed by atoms with Crippen molar-refractivity contribution in [1.82, 2.24) is 9.66 Å². The highest BCUT2D eigenvalue weighted by atomic mass is 16.2. The van der Waals surface area contributed by atoms with Crippen LogP contribution in [0, 0.1) is 0 Å². The van der Waals surface area contributed by atoms with Crippen molar-refractivity contribution in [2.75, 3.05) is 0 Å². The molecule has 1 heterocycles. The number of hydrogen-bond acceptors (Lipinski definition) is 2. The zero-order chi connectivity index (χ0) is 12.4. The molecule has 0 aliphatic heterocycles. The van der Waals surface area contributed by atoms with Gasteiger partial charge in [0.1, 0.15) is 0 Å². The molecule has 0 atom stereocenters. The quantitative estimate of drug-likeness (QED) is 0.682. The van der Waals surface area contributed by atoms with Gasteiger partial charge in [0, 0.05) is 0 Å². The fourth-order valence-electron chi connectivity index (χ4n) is 1.82. The predicted octanol–water partition coefficient (Wildman–Crippen LogP) is 2.21. The van der Waals surface area contributed by atoms with E-state index in [1.54, 1.807) is 6.21 Å². The van der Waals surface area contributed by atoms with Crippen LogP contribution in [0.2, 0.25) is 0 Å². The second-order valence-electron chi connectivity index (χ2n) is 3.91. The van der Waals surface area contributed by atoms with Gasteiger partial charge in [-0.2, -0.15) is 9.78 Å². The molecular weight excluding hydrogens is 226 g/mol. The Morgan fingerprint density at radius 2 is 1.72 bits per heavy atom. The minimum Gasteiger partial charge on any atom is -0.304 e. The molecule has 3 rings (SSSR count). The molecule has 0 spiro atoms. The Kier molecular flexibility index (Phi) is 2.53. The fourth-order valence-corrected chi connectivity index (χ4v) is 1.82. The SMILES string of the molecule is O=c1[nH]c2ccccc2n1/N=C\c1ccccc1. The highest BCUT2D eigenvalue weighted by Gasteiger charge is 2.03. The summed E-state index contributed by atoms with van der Waals surface area (Å²) in [6.07, 6.45) is 1.67. The molecule has 0 radical (unpaired) electrons. The number of aromatic amines is 1. The van der Waals surface area contributed by atoms with Crippen LogP contribution in [0.5, 0.6) is 0 Å². The molecular formula is C14H11N3O. The van der Waals surface area contributed by atoms with Crippen molar-refractivity contribution in [2.24, 2.45) is 5.10 Å². The number of H-pyrrole nitrogens is 1. The number of hydrogen-bond donors (Lipinski definition) is 1. The van der Waals surface area contributed by atoms with E-state index >= 15 is 0 Å². The summed E-state index contributed by atoms with van der Waals surface area (Å²) in [7, 11) is 0. The lowest BCUT2D eigenvalue weighted by Gasteiger charge is -1.94. The molecule has 18 heavy (non-hydrogen) atoms. The Bertz CT molecular complexity index is 753. The smallest absolute Gasteiger partial charge is 0.304 e. The molecule has 0 saturated heterocycles. The zero-order valence-corrected chi connectivity index (χ0v) is 9.58. The van der Waals surface area contributed by atoms with E-state index in [0.717, 1.165) is 16.6 Å². The third-order valence-electron chi connectivity index (χ3n) is 2.69. The van der Waals surface area contributed by atoms with Crippen LogP contribution in [0.15, 0.2) is 64.5 Å². The maximum Gasteiger partial charge on any atom is 0.347 e. The van der Waals surface area contributed by atoms with Gasteiger partial charge in [0.05, 0.1) is 17.2 Å². The van der Waals surface area contributed by atoms with Gasteiger partial charge >= 0.3 is 5.69 Å². The molecule has 88 valence electrons. The molecule has 0 fully saturated rings. The van der Waals surface area contributed by atoms with Gasteiger partial charge in [0.2, 0.25) is 0 Å².